The van der Waals surface area contributed by atoms with Crippen LogP contribution in [0.25, 0.3) is 0 Å². The maximum atomic E-state index is 6.06. The first-order valence-corrected chi connectivity index (χ1v) is 7.41. The molecule has 1 atom stereocenters. The summed E-state index contributed by atoms with van der Waals surface area (Å²) in [5.41, 5.74) is 6.06. The predicted octanol–water partition coefficient (Wildman–Crippen LogP) is 2.90. The van der Waals surface area contributed by atoms with E-state index >= 15 is 0 Å². The first kappa shape index (κ1) is 12.7. The third-order valence-corrected chi connectivity index (χ3v) is 4.23. The fraction of sp³-hybridized carbons (Fsp3) is 0.929. The Balaban J connectivity index is 1.80. The molecular formula is C14H27N3. The maximum absolute atomic E-state index is 6.06. The van der Waals surface area contributed by atoms with Crippen LogP contribution in [0.5, 0.6) is 0 Å². The molecule has 1 aliphatic carbocycles. The summed E-state index contributed by atoms with van der Waals surface area (Å²) in [6, 6.07) is 1.30. The summed E-state index contributed by atoms with van der Waals surface area (Å²) in [7, 11) is 0. The highest BCUT2D eigenvalue weighted by atomic mass is 15.3. The maximum Gasteiger partial charge on any atom is 0.191 e. The van der Waals surface area contributed by atoms with Gasteiger partial charge >= 0.3 is 0 Å². The molecule has 2 N–H and O–H groups in total. The Morgan fingerprint density at radius 1 is 1.24 bits per heavy atom. The van der Waals surface area contributed by atoms with Crippen LogP contribution < -0.4 is 5.73 Å². The summed E-state index contributed by atoms with van der Waals surface area (Å²) in [6.45, 7) is 3.20. The fourth-order valence-electron chi connectivity index (χ4n) is 3.26. The van der Waals surface area contributed by atoms with E-state index in [1.807, 2.05) is 0 Å². The average molecular weight is 237 g/mol. The van der Waals surface area contributed by atoms with Gasteiger partial charge < -0.3 is 10.6 Å². The lowest BCUT2D eigenvalue weighted by atomic mass is 10.0. The van der Waals surface area contributed by atoms with Gasteiger partial charge in [-0.05, 0) is 19.3 Å². The minimum absolute atomic E-state index is 0.606. The summed E-state index contributed by atoms with van der Waals surface area (Å²) >= 11 is 0. The van der Waals surface area contributed by atoms with Gasteiger partial charge in [-0.1, -0.05) is 45.4 Å². The van der Waals surface area contributed by atoms with Crippen molar-refractivity contribution in [2.45, 2.75) is 76.8 Å². The van der Waals surface area contributed by atoms with Crippen LogP contribution in [0.4, 0.5) is 0 Å². The van der Waals surface area contributed by atoms with E-state index in [4.69, 9.17) is 5.73 Å². The molecule has 17 heavy (non-hydrogen) atoms. The van der Waals surface area contributed by atoms with Crippen molar-refractivity contribution in [2.24, 2.45) is 10.7 Å². The molecule has 2 rings (SSSR count). The monoisotopic (exact) mass is 237 g/mol. The quantitative estimate of drug-likeness (QED) is 0.722. The van der Waals surface area contributed by atoms with Crippen molar-refractivity contribution in [3.8, 4) is 0 Å². The molecule has 0 amide bonds. The van der Waals surface area contributed by atoms with Crippen molar-refractivity contribution in [1.29, 1.82) is 0 Å². The number of hydrogen-bond acceptors (Lipinski definition) is 3. The number of unbranched alkanes of at least 4 members (excludes halogenated alkanes) is 3. The van der Waals surface area contributed by atoms with Gasteiger partial charge in [-0.25, -0.2) is 0 Å². The number of aliphatic imine (C=N–C) groups is 1. The topological polar surface area (TPSA) is 41.6 Å². The van der Waals surface area contributed by atoms with Gasteiger partial charge in [0, 0.05) is 6.04 Å². The lowest BCUT2D eigenvalue weighted by Crippen LogP contribution is -2.46. The first-order valence-electron chi connectivity index (χ1n) is 7.41. The van der Waals surface area contributed by atoms with Crippen LogP contribution in [-0.2, 0) is 0 Å². The van der Waals surface area contributed by atoms with Crippen molar-refractivity contribution < 1.29 is 0 Å². The molecule has 1 saturated carbocycles. The zero-order valence-corrected chi connectivity index (χ0v) is 11.2. The Morgan fingerprint density at radius 3 is 2.71 bits per heavy atom. The second-order valence-electron chi connectivity index (χ2n) is 5.55. The second kappa shape index (κ2) is 6.27. The van der Waals surface area contributed by atoms with Crippen LogP contribution in [0.15, 0.2) is 4.99 Å². The number of nitrogens with zero attached hydrogens (tertiary/aromatic N) is 2. The van der Waals surface area contributed by atoms with Crippen molar-refractivity contribution in [3.63, 3.8) is 0 Å². The molecule has 0 aromatic carbocycles. The van der Waals surface area contributed by atoms with E-state index in [9.17, 15) is 0 Å². The highest BCUT2D eigenvalue weighted by molar-refractivity contribution is 5.80. The van der Waals surface area contributed by atoms with E-state index in [1.54, 1.807) is 0 Å². The van der Waals surface area contributed by atoms with Gasteiger partial charge in [0.1, 0.15) is 0 Å². The van der Waals surface area contributed by atoms with Gasteiger partial charge in [0.25, 0.3) is 0 Å². The Labute approximate surface area is 105 Å². The van der Waals surface area contributed by atoms with Crippen molar-refractivity contribution in [2.75, 3.05) is 6.54 Å². The summed E-state index contributed by atoms with van der Waals surface area (Å²) in [5.74, 6) is 0.817. The highest BCUT2D eigenvalue weighted by Crippen LogP contribution is 2.28. The SMILES string of the molecule is CCCCCCC1CN=C(N)N1C1CCCC1. The minimum Gasteiger partial charge on any atom is -0.370 e. The molecule has 0 bridgehead atoms. The number of hydrogen-bond donors (Lipinski definition) is 1. The van der Waals surface area contributed by atoms with Crippen LogP contribution in [0.2, 0.25) is 0 Å². The molecule has 98 valence electrons. The molecule has 0 aromatic heterocycles. The van der Waals surface area contributed by atoms with Gasteiger partial charge in [-0.15, -0.1) is 0 Å². The highest BCUT2D eigenvalue weighted by Gasteiger charge is 2.33. The number of guanidine groups is 1. The largest absolute Gasteiger partial charge is 0.370 e. The molecule has 3 nitrogen and oxygen atoms in total. The third kappa shape index (κ3) is 3.14. The Kier molecular flexibility index (Phi) is 4.69. The van der Waals surface area contributed by atoms with E-state index in [0.717, 1.165) is 12.5 Å². The van der Waals surface area contributed by atoms with Gasteiger partial charge in [0.15, 0.2) is 5.96 Å². The third-order valence-electron chi connectivity index (χ3n) is 4.23. The van der Waals surface area contributed by atoms with E-state index < -0.39 is 0 Å². The van der Waals surface area contributed by atoms with Crippen LogP contribution >= 0.6 is 0 Å². The Hall–Kier alpha value is -0.730. The van der Waals surface area contributed by atoms with Crippen molar-refractivity contribution in [3.05, 3.63) is 0 Å². The van der Waals surface area contributed by atoms with Gasteiger partial charge in [0.05, 0.1) is 12.6 Å². The molecule has 1 heterocycles. The van der Waals surface area contributed by atoms with E-state index in [0.29, 0.717) is 12.1 Å². The zero-order valence-electron chi connectivity index (χ0n) is 11.2. The summed E-state index contributed by atoms with van der Waals surface area (Å²) < 4.78 is 0. The zero-order chi connectivity index (χ0) is 12.1. The van der Waals surface area contributed by atoms with Crippen LogP contribution in [0.3, 0.4) is 0 Å². The van der Waals surface area contributed by atoms with Crippen LogP contribution in [0.1, 0.15) is 64.7 Å². The molecule has 1 aliphatic heterocycles. The van der Waals surface area contributed by atoms with Crippen LogP contribution in [-0.4, -0.2) is 29.5 Å². The van der Waals surface area contributed by atoms with Crippen molar-refractivity contribution in [1.82, 2.24) is 4.90 Å². The Morgan fingerprint density at radius 2 is 2.00 bits per heavy atom. The second-order valence-corrected chi connectivity index (χ2v) is 5.55. The predicted molar refractivity (Wildman–Crippen MR) is 73.1 cm³/mol. The van der Waals surface area contributed by atoms with Gasteiger partial charge in [-0.2, -0.15) is 0 Å². The molecule has 0 radical (unpaired) electrons. The fourth-order valence-corrected chi connectivity index (χ4v) is 3.26. The lowest BCUT2D eigenvalue weighted by Gasteiger charge is -2.32. The summed E-state index contributed by atoms with van der Waals surface area (Å²) in [5, 5.41) is 0. The van der Waals surface area contributed by atoms with E-state index in [-0.39, 0.29) is 0 Å². The molecule has 0 saturated heterocycles. The standard InChI is InChI=1S/C14H27N3/c1-2-3-4-5-10-13-11-16-14(15)17(13)12-8-6-7-9-12/h12-13H,2-11H2,1H3,(H2,15,16). The smallest absolute Gasteiger partial charge is 0.191 e. The van der Waals surface area contributed by atoms with E-state index in [1.165, 1.54) is 57.8 Å². The lowest BCUT2D eigenvalue weighted by molar-refractivity contribution is 0.244. The first-order chi connectivity index (χ1) is 8.33. The molecule has 3 heteroatoms. The molecule has 1 fully saturated rings. The molecule has 1 unspecified atom stereocenters. The normalized spacial score (nSPS) is 25.6. The van der Waals surface area contributed by atoms with Crippen molar-refractivity contribution >= 4 is 5.96 Å². The minimum atomic E-state index is 0.606. The summed E-state index contributed by atoms with van der Waals surface area (Å²) in [4.78, 5) is 6.91. The van der Waals surface area contributed by atoms with E-state index in [2.05, 4.69) is 16.8 Å². The molecule has 2 aliphatic rings. The Bertz CT molecular complexity index is 256. The van der Waals surface area contributed by atoms with Gasteiger partial charge in [0.2, 0.25) is 0 Å². The average Bonchev–Trinajstić information content (AvgIpc) is 2.94. The van der Waals surface area contributed by atoms with Gasteiger partial charge in [-0.3, -0.25) is 4.99 Å². The number of rotatable bonds is 6. The van der Waals surface area contributed by atoms with Crippen LogP contribution in [0, 0.1) is 0 Å². The molecule has 0 spiro atoms. The molecular weight excluding hydrogens is 210 g/mol. The number of nitrogens with two attached hydrogens (primary N) is 1. The summed E-state index contributed by atoms with van der Waals surface area (Å²) in [6.07, 6.45) is 12.1. The molecule has 0 aromatic rings.